The first-order valence-corrected chi connectivity index (χ1v) is 6.11. The molecule has 0 spiro atoms. The fourth-order valence-corrected chi connectivity index (χ4v) is 2.10. The standard InChI is InChI=1S/C16H11FO3/c17-14-4-2-1-3-10(14)7-11-9-20-15-8-12(18)5-6-13(15)16(11)19/h1-8,18H,9H2/b11-7+. The summed E-state index contributed by atoms with van der Waals surface area (Å²) in [7, 11) is 0. The third-order valence-corrected chi connectivity index (χ3v) is 3.12. The molecule has 0 aliphatic carbocycles. The third kappa shape index (κ3) is 2.16. The van der Waals surface area contributed by atoms with Gasteiger partial charge < -0.3 is 9.84 Å². The van der Waals surface area contributed by atoms with Crippen LogP contribution in [0.3, 0.4) is 0 Å². The Bertz CT molecular complexity index is 719. The van der Waals surface area contributed by atoms with Gasteiger partial charge in [-0.3, -0.25) is 4.79 Å². The number of fused-ring (bicyclic) bond motifs is 1. The lowest BCUT2D eigenvalue weighted by Crippen LogP contribution is -2.18. The molecule has 0 fully saturated rings. The van der Waals surface area contributed by atoms with Crippen LogP contribution in [0.4, 0.5) is 4.39 Å². The first-order chi connectivity index (χ1) is 9.65. The van der Waals surface area contributed by atoms with Crippen LogP contribution in [-0.2, 0) is 0 Å². The van der Waals surface area contributed by atoms with Gasteiger partial charge in [0.1, 0.15) is 23.9 Å². The minimum atomic E-state index is -0.385. The Morgan fingerprint density at radius 3 is 2.80 bits per heavy atom. The molecule has 0 atom stereocenters. The number of Topliss-reactive ketones (excluding diaryl/α,β-unsaturated/α-hetero) is 1. The molecule has 1 aliphatic rings. The second kappa shape index (κ2) is 4.81. The molecule has 100 valence electrons. The summed E-state index contributed by atoms with van der Waals surface area (Å²) in [6.45, 7) is 0.0591. The van der Waals surface area contributed by atoms with E-state index in [0.29, 0.717) is 22.4 Å². The van der Waals surface area contributed by atoms with Gasteiger partial charge in [0, 0.05) is 17.2 Å². The van der Waals surface area contributed by atoms with Gasteiger partial charge in [0.2, 0.25) is 0 Å². The number of phenols is 1. The molecule has 20 heavy (non-hydrogen) atoms. The van der Waals surface area contributed by atoms with Crippen LogP contribution in [0.5, 0.6) is 11.5 Å². The second-order valence-corrected chi connectivity index (χ2v) is 4.49. The van der Waals surface area contributed by atoms with E-state index in [1.165, 1.54) is 30.3 Å². The van der Waals surface area contributed by atoms with Crippen molar-refractivity contribution in [1.82, 2.24) is 0 Å². The number of benzene rings is 2. The number of rotatable bonds is 1. The molecule has 3 nitrogen and oxygen atoms in total. The average Bonchev–Trinajstić information content (AvgIpc) is 2.44. The fraction of sp³-hybridized carbons (Fsp3) is 0.0625. The van der Waals surface area contributed by atoms with Crippen LogP contribution < -0.4 is 4.74 Å². The van der Waals surface area contributed by atoms with E-state index in [2.05, 4.69) is 0 Å². The Labute approximate surface area is 114 Å². The maximum absolute atomic E-state index is 13.6. The molecule has 4 heteroatoms. The SMILES string of the molecule is O=C1/C(=C/c2ccccc2F)COc2cc(O)ccc21. The van der Waals surface area contributed by atoms with Crippen molar-refractivity contribution in [3.8, 4) is 11.5 Å². The number of carbonyl (C=O) groups is 1. The number of ketones is 1. The van der Waals surface area contributed by atoms with Crippen molar-refractivity contribution >= 4 is 11.9 Å². The Morgan fingerprint density at radius 1 is 1.20 bits per heavy atom. The first kappa shape index (κ1) is 12.4. The minimum absolute atomic E-state index is 0.0399. The van der Waals surface area contributed by atoms with Gasteiger partial charge in [-0.1, -0.05) is 18.2 Å². The molecule has 0 saturated heterocycles. The zero-order valence-electron chi connectivity index (χ0n) is 10.5. The molecule has 0 amide bonds. The van der Waals surface area contributed by atoms with Crippen LogP contribution in [0, 0.1) is 5.82 Å². The second-order valence-electron chi connectivity index (χ2n) is 4.49. The molecule has 1 heterocycles. The molecule has 0 bridgehead atoms. The Morgan fingerprint density at radius 2 is 2.00 bits per heavy atom. The smallest absolute Gasteiger partial charge is 0.196 e. The monoisotopic (exact) mass is 270 g/mol. The van der Waals surface area contributed by atoms with Gasteiger partial charge in [-0.05, 0) is 24.3 Å². The maximum Gasteiger partial charge on any atom is 0.196 e. The minimum Gasteiger partial charge on any atom is -0.508 e. The van der Waals surface area contributed by atoms with Gasteiger partial charge in [-0.15, -0.1) is 0 Å². The highest BCUT2D eigenvalue weighted by Gasteiger charge is 2.23. The Hall–Kier alpha value is -2.62. The summed E-state index contributed by atoms with van der Waals surface area (Å²) in [5, 5.41) is 9.36. The van der Waals surface area contributed by atoms with Crippen molar-refractivity contribution < 1.29 is 19.0 Å². The number of ether oxygens (including phenoxy) is 1. The zero-order valence-corrected chi connectivity index (χ0v) is 10.5. The van der Waals surface area contributed by atoms with Crippen LogP contribution in [0.1, 0.15) is 15.9 Å². The summed E-state index contributed by atoms with van der Waals surface area (Å²) in [6, 6.07) is 10.6. The average molecular weight is 270 g/mol. The summed E-state index contributed by atoms with van der Waals surface area (Å²) >= 11 is 0. The van der Waals surface area contributed by atoms with Crippen molar-refractivity contribution in [2.75, 3.05) is 6.61 Å². The summed E-state index contributed by atoms with van der Waals surface area (Å²) in [6.07, 6.45) is 1.49. The molecule has 1 aliphatic heterocycles. The van der Waals surface area contributed by atoms with E-state index in [4.69, 9.17) is 4.74 Å². The number of phenolic OH excluding ortho intramolecular Hbond substituents is 1. The van der Waals surface area contributed by atoms with Crippen molar-refractivity contribution in [2.45, 2.75) is 0 Å². The first-order valence-electron chi connectivity index (χ1n) is 6.11. The zero-order chi connectivity index (χ0) is 14.1. The highest BCUT2D eigenvalue weighted by molar-refractivity contribution is 6.14. The molecule has 0 aromatic heterocycles. The molecule has 2 aromatic carbocycles. The molecule has 0 unspecified atom stereocenters. The predicted molar refractivity (Wildman–Crippen MR) is 72.3 cm³/mol. The molecule has 0 saturated carbocycles. The van der Waals surface area contributed by atoms with Crippen molar-refractivity contribution in [3.05, 3.63) is 65.0 Å². The van der Waals surface area contributed by atoms with Gasteiger partial charge in [-0.2, -0.15) is 0 Å². The molecule has 2 aromatic rings. The summed E-state index contributed by atoms with van der Waals surface area (Å²) in [5.41, 5.74) is 1.10. The largest absolute Gasteiger partial charge is 0.508 e. The third-order valence-electron chi connectivity index (χ3n) is 3.12. The highest BCUT2D eigenvalue weighted by Crippen LogP contribution is 2.31. The number of aromatic hydroxyl groups is 1. The van der Waals surface area contributed by atoms with Crippen LogP contribution in [-0.4, -0.2) is 17.5 Å². The predicted octanol–water partition coefficient (Wildman–Crippen LogP) is 3.19. The van der Waals surface area contributed by atoms with Crippen molar-refractivity contribution in [2.24, 2.45) is 0 Å². The van der Waals surface area contributed by atoms with Crippen LogP contribution in [0.15, 0.2) is 48.0 Å². The Kier molecular flexibility index (Phi) is 2.99. The summed E-state index contributed by atoms with van der Waals surface area (Å²) in [5.74, 6) is -0.211. The number of hydrogen-bond donors (Lipinski definition) is 1. The lowest BCUT2D eigenvalue weighted by Gasteiger charge is -2.18. The van der Waals surface area contributed by atoms with E-state index in [9.17, 15) is 14.3 Å². The molecule has 0 radical (unpaired) electrons. The topological polar surface area (TPSA) is 46.5 Å². The van der Waals surface area contributed by atoms with Gasteiger partial charge in [0.25, 0.3) is 0 Å². The van der Waals surface area contributed by atoms with E-state index in [0.717, 1.165) is 0 Å². The Balaban J connectivity index is 2.00. The van der Waals surface area contributed by atoms with Gasteiger partial charge in [-0.25, -0.2) is 4.39 Å². The van der Waals surface area contributed by atoms with E-state index in [1.807, 2.05) is 0 Å². The summed E-state index contributed by atoms with van der Waals surface area (Å²) < 4.78 is 19.0. The molecule has 3 rings (SSSR count). The van der Waals surface area contributed by atoms with E-state index in [1.54, 1.807) is 18.2 Å². The van der Waals surface area contributed by atoms with E-state index < -0.39 is 0 Å². The van der Waals surface area contributed by atoms with E-state index in [-0.39, 0.29) is 24.0 Å². The van der Waals surface area contributed by atoms with Crippen LogP contribution in [0.2, 0.25) is 0 Å². The number of hydrogen-bond acceptors (Lipinski definition) is 3. The number of carbonyl (C=O) groups excluding carboxylic acids is 1. The molecule has 1 N–H and O–H groups in total. The van der Waals surface area contributed by atoms with Crippen molar-refractivity contribution in [3.63, 3.8) is 0 Å². The quantitative estimate of drug-likeness (QED) is 0.809. The van der Waals surface area contributed by atoms with Crippen LogP contribution >= 0.6 is 0 Å². The van der Waals surface area contributed by atoms with Crippen LogP contribution in [0.25, 0.3) is 6.08 Å². The van der Waals surface area contributed by atoms with E-state index >= 15 is 0 Å². The summed E-state index contributed by atoms with van der Waals surface area (Å²) in [4.78, 5) is 12.3. The van der Waals surface area contributed by atoms with Crippen molar-refractivity contribution in [1.29, 1.82) is 0 Å². The molecular weight excluding hydrogens is 259 g/mol. The molecular formula is C16H11FO3. The highest BCUT2D eigenvalue weighted by atomic mass is 19.1. The lowest BCUT2D eigenvalue weighted by molar-refractivity contribution is 0.100. The van der Waals surface area contributed by atoms with Gasteiger partial charge in [0.05, 0.1) is 5.56 Å². The lowest BCUT2D eigenvalue weighted by atomic mass is 9.98. The number of halogens is 1. The maximum atomic E-state index is 13.6. The van der Waals surface area contributed by atoms with Gasteiger partial charge >= 0.3 is 0 Å². The van der Waals surface area contributed by atoms with Gasteiger partial charge in [0.15, 0.2) is 5.78 Å². The fourth-order valence-electron chi connectivity index (χ4n) is 2.10. The normalized spacial score (nSPS) is 15.8.